The first-order valence-corrected chi connectivity index (χ1v) is 6.98. The number of anilines is 1. The van der Waals surface area contributed by atoms with E-state index in [9.17, 15) is 8.42 Å². The fraction of sp³-hybridized carbons (Fsp3) is 0.545. The number of aromatic nitrogens is 1. The molecule has 0 aliphatic heterocycles. The van der Waals surface area contributed by atoms with Crippen molar-refractivity contribution in [2.24, 2.45) is 5.41 Å². The van der Waals surface area contributed by atoms with Gasteiger partial charge < -0.3 is 0 Å². The minimum Gasteiger partial charge on any atom is -0.268 e. The molecule has 0 aliphatic rings. The number of nitrogens with zero attached hydrogens (tertiary/aromatic N) is 1. The molecule has 0 fully saturated rings. The molecule has 0 bridgehead atoms. The van der Waals surface area contributed by atoms with Gasteiger partial charge in [-0.1, -0.05) is 26.8 Å². The molecule has 1 aromatic heterocycles. The summed E-state index contributed by atoms with van der Waals surface area (Å²) in [7, 11) is -3.24. The van der Waals surface area contributed by atoms with E-state index in [4.69, 9.17) is 0 Å². The van der Waals surface area contributed by atoms with Crippen LogP contribution in [0.1, 0.15) is 26.3 Å². The Morgan fingerprint density at radius 1 is 1.31 bits per heavy atom. The van der Waals surface area contributed by atoms with Gasteiger partial charge in [0.2, 0.25) is 10.0 Å². The third-order valence-corrected chi connectivity index (χ3v) is 2.43. The average Bonchev–Trinajstić information content (AvgIpc) is 2.03. The van der Waals surface area contributed by atoms with E-state index in [0.29, 0.717) is 5.82 Å². The molecule has 1 rings (SSSR count). The summed E-state index contributed by atoms with van der Waals surface area (Å²) >= 11 is 0. The van der Waals surface area contributed by atoms with Crippen LogP contribution in [0.15, 0.2) is 18.3 Å². The van der Waals surface area contributed by atoms with Crippen LogP contribution in [-0.4, -0.2) is 19.7 Å². The van der Waals surface area contributed by atoms with E-state index in [-0.39, 0.29) is 5.41 Å². The summed E-state index contributed by atoms with van der Waals surface area (Å²) < 4.78 is 24.3. The predicted octanol–water partition coefficient (Wildman–Crippen LogP) is 2.04. The maximum atomic E-state index is 11.0. The van der Waals surface area contributed by atoms with Crippen molar-refractivity contribution < 1.29 is 8.42 Å². The molecule has 0 radical (unpaired) electrons. The van der Waals surface area contributed by atoms with Crippen LogP contribution in [0.2, 0.25) is 0 Å². The Bertz CT molecular complexity index is 444. The van der Waals surface area contributed by atoms with Crippen molar-refractivity contribution in [2.45, 2.75) is 27.2 Å². The molecule has 0 atom stereocenters. The van der Waals surface area contributed by atoms with Crippen molar-refractivity contribution in [3.05, 3.63) is 23.9 Å². The second kappa shape index (κ2) is 4.41. The van der Waals surface area contributed by atoms with E-state index >= 15 is 0 Å². The molecule has 90 valence electrons. The van der Waals surface area contributed by atoms with Crippen LogP contribution >= 0.6 is 0 Å². The Kier molecular flexibility index (Phi) is 3.57. The lowest BCUT2D eigenvalue weighted by Crippen LogP contribution is -2.12. The largest absolute Gasteiger partial charge is 0.268 e. The highest BCUT2D eigenvalue weighted by Gasteiger charge is 2.11. The molecule has 4 nitrogen and oxygen atoms in total. The first kappa shape index (κ1) is 13.0. The van der Waals surface area contributed by atoms with Crippen LogP contribution in [0, 0.1) is 5.41 Å². The van der Waals surface area contributed by atoms with E-state index in [0.717, 1.165) is 18.2 Å². The standard InChI is InChI=1S/C11H18N2O2S/c1-11(2,3)7-9-5-6-10(12-8-9)13-16(4,14)15/h5-6,8H,7H2,1-4H3,(H,12,13). The zero-order valence-corrected chi connectivity index (χ0v) is 10.9. The fourth-order valence-electron chi connectivity index (χ4n) is 1.39. The Morgan fingerprint density at radius 3 is 2.31 bits per heavy atom. The molecular formula is C11H18N2O2S. The third kappa shape index (κ3) is 5.11. The summed E-state index contributed by atoms with van der Waals surface area (Å²) in [6, 6.07) is 3.58. The summed E-state index contributed by atoms with van der Waals surface area (Å²) in [5, 5.41) is 0. The van der Waals surface area contributed by atoms with Crippen molar-refractivity contribution in [3.63, 3.8) is 0 Å². The van der Waals surface area contributed by atoms with Gasteiger partial charge in [0, 0.05) is 6.20 Å². The molecule has 0 aliphatic carbocycles. The van der Waals surface area contributed by atoms with E-state index < -0.39 is 10.0 Å². The molecule has 16 heavy (non-hydrogen) atoms. The fourth-order valence-corrected chi connectivity index (χ4v) is 1.89. The highest BCUT2D eigenvalue weighted by Crippen LogP contribution is 2.20. The number of hydrogen-bond acceptors (Lipinski definition) is 3. The van der Waals surface area contributed by atoms with Gasteiger partial charge in [0.1, 0.15) is 5.82 Å². The van der Waals surface area contributed by atoms with Crippen LogP contribution in [-0.2, 0) is 16.4 Å². The molecule has 0 saturated carbocycles. The summed E-state index contributed by atoms with van der Waals surface area (Å²) in [6.07, 6.45) is 3.73. The Labute approximate surface area is 97.2 Å². The average molecular weight is 242 g/mol. The number of pyridine rings is 1. The molecular weight excluding hydrogens is 224 g/mol. The zero-order chi connectivity index (χ0) is 12.4. The van der Waals surface area contributed by atoms with Crippen LogP contribution in [0.5, 0.6) is 0 Å². The number of sulfonamides is 1. The van der Waals surface area contributed by atoms with Gasteiger partial charge in [0.15, 0.2) is 0 Å². The van der Waals surface area contributed by atoms with Crippen LogP contribution in [0.25, 0.3) is 0 Å². The molecule has 1 heterocycles. The molecule has 0 amide bonds. The number of nitrogens with one attached hydrogen (secondary N) is 1. The molecule has 0 aromatic carbocycles. The van der Waals surface area contributed by atoms with Gasteiger partial charge >= 0.3 is 0 Å². The minimum absolute atomic E-state index is 0.202. The lowest BCUT2D eigenvalue weighted by atomic mass is 9.89. The van der Waals surface area contributed by atoms with Crippen molar-refractivity contribution in [3.8, 4) is 0 Å². The van der Waals surface area contributed by atoms with Gasteiger partial charge in [-0.15, -0.1) is 0 Å². The zero-order valence-electron chi connectivity index (χ0n) is 10.1. The van der Waals surface area contributed by atoms with Crippen LogP contribution < -0.4 is 4.72 Å². The maximum Gasteiger partial charge on any atom is 0.230 e. The summed E-state index contributed by atoms with van der Waals surface area (Å²) in [5.41, 5.74) is 1.31. The molecule has 0 spiro atoms. The van der Waals surface area contributed by atoms with Crippen molar-refractivity contribution >= 4 is 15.8 Å². The summed E-state index contributed by atoms with van der Waals surface area (Å²) in [5.74, 6) is 0.361. The van der Waals surface area contributed by atoms with E-state index in [2.05, 4.69) is 30.5 Å². The van der Waals surface area contributed by atoms with E-state index in [1.807, 2.05) is 6.07 Å². The van der Waals surface area contributed by atoms with E-state index in [1.165, 1.54) is 0 Å². The Hall–Kier alpha value is -1.10. The molecule has 1 aromatic rings. The monoisotopic (exact) mass is 242 g/mol. The molecule has 5 heteroatoms. The van der Waals surface area contributed by atoms with Crippen LogP contribution in [0.3, 0.4) is 0 Å². The number of hydrogen-bond donors (Lipinski definition) is 1. The van der Waals surface area contributed by atoms with Crippen LogP contribution in [0.4, 0.5) is 5.82 Å². The molecule has 1 N–H and O–H groups in total. The SMILES string of the molecule is CC(C)(C)Cc1ccc(NS(C)(=O)=O)nc1. The second-order valence-corrected chi connectivity index (χ2v) is 6.91. The lowest BCUT2D eigenvalue weighted by Gasteiger charge is -2.17. The Morgan fingerprint density at radius 2 is 1.94 bits per heavy atom. The smallest absolute Gasteiger partial charge is 0.230 e. The Balaban J connectivity index is 2.76. The van der Waals surface area contributed by atoms with E-state index in [1.54, 1.807) is 12.3 Å². The van der Waals surface area contributed by atoms with Gasteiger partial charge in [-0.3, -0.25) is 4.72 Å². The maximum absolute atomic E-state index is 11.0. The quantitative estimate of drug-likeness (QED) is 0.882. The van der Waals surface area contributed by atoms with Crippen molar-refractivity contribution in [1.29, 1.82) is 0 Å². The van der Waals surface area contributed by atoms with Gasteiger partial charge in [-0.05, 0) is 23.5 Å². The van der Waals surface area contributed by atoms with Gasteiger partial charge in [0.25, 0.3) is 0 Å². The number of rotatable bonds is 3. The highest BCUT2D eigenvalue weighted by molar-refractivity contribution is 7.92. The van der Waals surface area contributed by atoms with Gasteiger partial charge in [-0.25, -0.2) is 13.4 Å². The van der Waals surface area contributed by atoms with Gasteiger partial charge in [0.05, 0.1) is 6.26 Å². The first-order chi connectivity index (χ1) is 7.16. The van der Waals surface area contributed by atoms with Crippen molar-refractivity contribution in [2.75, 3.05) is 11.0 Å². The van der Waals surface area contributed by atoms with Crippen molar-refractivity contribution in [1.82, 2.24) is 4.98 Å². The van der Waals surface area contributed by atoms with Gasteiger partial charge in [-0.2, -0.15) is 0 Å². The predicted molar refractivity (Wildman–Crippen MR) is 65.9 cm³/mol. The minimum atomic E-state index is -3.24. The lowest BCUT2D eigenvalue weighted by molar-refractivity contribution is 0.411. The normalized spacial score (nSPS) is 12.5. The third-order valence-electron chi connectivity index (χ3n) is 1.85. The molecule has 0 saturated heterocycles. The topological polar surface area (TPSA) is 59.1 Å². The summed E-state index contributed by atoms with van der Waals surface area (Å²) in [6.45, 7) is 6.45. The molecule has 0 unspecified atom stereocenters. The second-order valence-electron chi connectivity index (χ2n) is 5.16. The first-order valence-electron chi connectivity index (χ1n) is 5.08. The summed E-state index contributed by atoms with van der Waals surface area (Å²) in [4.78, 5) is 4.06. The highest BCUT2D eigenvalue weighted by atomic mass is 32.2.